The first-order valence-corrected chi connectivity index (χ1v) is 4.75. The lowest BCUT2D eigenvalue weighted by atomic mass is 10.2. The van der Waals surface area contributed by atoms with Crippen LogP contribution in [0.5, 0.6) is 0 Å². The van der Waals surface area contributed by atoms with Crippen LogP contribution < -0.4 is 0 Å². The Labute approximate surface area is 80.0 Å². The minimum atomic E-state index is -0.849. The first kappa shape index (κ1) is 11.9. The SMILES string of the molecule is CCCCC/C=C/C=C(/C)C(=O)O. The third-order valence-corrected chi connectivity index (χ3v) is 1.79. The largest absolute Gasteiger partial charge is 0.478 e. The van der Waals surface area contributed by atoms with Crippen LogP contribution in [-0.4, -0.2) is 11.1 Å². The van der Waals surface area contributed by atoms with Gasteiger partial charge in [-0.2, -0.15) is 0 Å². The topological polar surface area (TPSA) is 37.3 Å². The molecule has 13 heavy (non-hydrogen) atoms. The van der Waals surface area contributed by atoms with E-state index in [0.29, 0.717) is 5.57 Å². The van der Waals surface area contributed by atoms with E-state index in [0.717, 1.165) is 6.42 Å². The molecule has 2 nitrogen and oxygen atoms in total. The highest BCUT2D eigenvalue weighted by Gasteiger charge is 1.95. The average molecular weight is 182 g/mol. The van der Waals surface area contributed by atoms with Crippen LogP contribution in [0.2, 0.25) is 0 Å². The van der Waals surface area contributed by atoms with Crippen LogP contribution in [0.4, 0.5) is 0 Å². The molecule has 0 rings (SSSR count). The van der Waals surface area contributed by atoms with Crippen molar-refractivity contribution in [3.8, 4) is 0 Å². The number of rotatable bonds is 6. The van der Waals surface area contributed by atoms with Gasteiger partial charge in [0.1, 0.15) is 0 Å². The smallest absolute Gasteiger partial charge is 0.331 e. The van der Waals surface area contributed by atoms with Gasteiger partial charge in [0.2, 0.25) is 0 Å². The Kier molecular flexibility index (Phi) is 6.98. The van der Waals surface area contributed by atoms with Crippen LogP contribution in [0, 0.1) is 0 Å². The number of hydrogen-bond donors (Lipinski definition) is 1. The first-order chi connectivity index (χ1) is 6.18. The Bertz CT molecular complexity index is 202. The maximum Gasteiger partial charge on any atom is 0.331 e. The molecule has 0 aliphatic heterocycles. The molecule has 0 atom stereocenters. The van der Waals surface area contributed by atoms with Crippen LogP contribution in [-0.2, 0) is 4.79 Å². The summed E-state index contributed by atoms with van der Waals surface area (Å²) in [5, 5.41) is 8.52. The summed E-state index contributed by atoms with van der Waals surface area (Å²) in [6.45, 7) is 3.76. The van der Waals surface area contributed by atoms with Crippen molar-refractivity contribution in [3.63, 3.8) is 0 Å². The molecule has 0 aromatic rings. The number of allylic oxidation sites excluding steroid dienone is 3. The van der Waals surface area contributed by atoms with Gasteiger partial charge in [-0.3, -0.25) is 0 Å². The standard InChI is InChI=1S/C11H18O2/c1-3-4-5-6-7-8-9-10(2)11(12)13/h7-9H,3-6H2,1-2H3,(H,12,13)/b8-7+,10-9-. The molecular formula is C11H18O2. The van der Waals surface area contributed by atoms with Crippen LogP contribution in [0.1, 0.15) is 39.5 Å². The molecule has 0 aromatic heterocycles. The number of carboxylic acids is 1. The molecule has 2 heteroatoms. The Morgan fingerprint density at radius 3 is 2.62 bits per heavy atom. The van der Waals surface area contributed by atoms with E-state index in [1.807, 2.05) is 12.2 Å². The molecule has 0 amide bonds. The molecule has 0 heterocycles. The zero-order chi connectivity index (χ0) is 10.1. The number of unbranched alkanes of at least 4 members (excludes halogenated alkanes) is 3. The van der Waals surface area contributed by atoms with Gasteiger partial charge in [0, 0.05) is 5.57 Å². The third-order valence-electron chi connectivity index (χ3n) is 1.79. The van der Waals surface area contributed by atoms with E-state index >= 15 is 0 Å². The zero-order valence-corrected chi connectivity index (χ0v) is 8.42. The highest BCUT2D eigenvalue weighted by Crippen LogP contribution is 2.00. The van der Waals surface area contributed by atoms with Crippen molar-refractivity contribution in [1.29, 1.82) is 0 Å². The van der Waals surface area contributed by atoms with Gasteiger partial charge >= 0.3 is 5.97 Å². The third kappa shape index (κ3) is 7.32. The molecule has 74 valence electrons. The summed E-state index contributed by atoms with van der Waals surface area (Å²) in [5.74, 6) is -0.849. The number of aliphatic carboxylic acids is 1. The molecule has 0 radical (unpaired) electrons. The molecular weight excluding hydrogens is 164 g/mol. The quantitative estimate of drug-likeness (QED) is 0.389. The van der Waals surface area contributed by atoms with Crippen LogP contribution in [0.25, 0.3) is 0 Å². The Morgan fingerprint density at radius 1 is 1.38 bits per heavy atom. The van der Waals surface area contributed by atoms with Crippen molar-refractivity contribution in [2.24, 2.45) is 0 Å². The van der Waals surface area contributed by atoms with Crippen molar-refractivity contribution >= 4 is 5.97 Å². The van der Waals surface area contributed by atoms with Crippen molar-refractivity contribution < 1.29 is 9.90 Å². The van der Waals surface area contributed by atoms with E-state index in [2.05, 4.69) is 6.92 Å². The second-order valence-electron chi connectivity index (χ2n) is 3.08. The van der Waals surface area contributed by atoms with Crippen molar-refractivity contribution in [2.75, 3.05) is 0 Å². The van der Waals surface area contributed by atoms with Crippen molar-refractivity contribution in [1.82, 2.24) is 0 Å². The predicted molar refractivity (Wildman–Crippen MR) is 54.7 cm³/mol. The first-order valence-electron chi connectivity index (χ1n) is 4.75. The van der Waals surface area contributed by atoms with Gasteiger partial charge in [-0.25, -0.2) is 4.79 Å². The normalized spacial score (nSPS) is 12.3. The maximum atomic E-state index is 10.4. The zero-order valence-electron chi connectivity index (χ0n) is 8.42. The Hall–Kier alpha value is -1.05. The van der Waals surface area contributed by atoms with E-state index in [4.69, 9.17) is 5.11 Å². The summed E-state index contributed by atoms with van der Waals surface area (Å²) in [4.78, 5) is 10.4. The fourth-order valence-electron chi connectivity index (χ4n) is 0.892. The molecule has 1 N–H and O–H groups in total. The minimum Gasteiger partial charge on any atom is -0.478 e. The van der Waals surface area contributed by atoms with Crippen LogP contribution >= 0.6 is 0 Å². The summed E-state index contributed by atoms with van der Waals surface area (Å²) >= 11 is 0. The fourth-order valence-corrected chi connectivity index (χ4v) is 0.892. The lowest BCUT2D eigenvalue weighted by molar-refractivity contribution is -0.132. The molecule has 0 saturated carbocycles. The summed E-state index contributed by atoms with van der Waals surface area (Å²) < 4.78 is 0. The van der Waals surface area contributed by atoms with Gasteiger partial charge in [0.05, 0.1) is 0 Å². The number of carboxylic acid groups (broad SMARTS) is 1. The number of carbonyl (C=O) groups is 1. The van der Waals surface area contributed by atoms with Gasteiger partial charge in [-0.15, -0.1) is 0 Å². The molecule has 0 aliphatic carbocycles. The molecule has 0 aliphatic rings. The molecule has 0 spiro atoms. The fraction of sp³-hybridized carbons (Fsp3) is 0.545. The second-order valence-corrected chi connectivity index (χ2v) is 3.08. The van der Waals surface area contributed by atoms with E-state index in [1.165, 1.54) is 19.3 Å². The molecule has 0 saturated heterocycles. The van der Waals surface area contributed by atoms with Crippen molar-refractivity contribution in [2.45, 2.75) is 39.5 Å². The van der Waals surface area contributed by atoms with Crippen LogP contribution in [0.15, 0.2) is 23.8 Å². The van der Waals surface area contributed by atoms with E-state index in [-0.39, 0.29) is 0 Å². The summed E-state index contributed by atoms with van der Waals surface area (Å²) in [5.41, 5.74) is 0.381. The maximum absolute atomic E-state index is 10.4. The van der Waals surface area contributed by atoms with E-state index in [1.54, 1.807) is 13.0 Å². The highest BCUT2D eigenvalue weighted by atomic mass is 16.4. The second kappa shape index (κ2) is 7.59. The van der Waals surface area contributed by atoms with Crippen molar-refractivity contribution in [3.05, 3.63) is 23.8 Å². The molecule has 0 unspecified atom stereocenters. The molecule has 0 aromatic carbocycles. The van der Waals surface area contributed by atoms with E-state index < -0.39 is 5.97 Å². The Morgan fingerprint density at radius 2 is 2.08 bits per heavy atom. The van der Waals surface area contributed by atoms with E-state index in [9.17, 15) is 4.79 Å². The number of hydrogen-bond acceptors (Lipinski definition) is 1. The Balaban J connectivity index is 3.62. The van der Waals surface area contributed by atoms with Crippen LogP contribution in [0.3, 0.4) is 0 Å². The van der Waals surface area contributed by atoms with Gasteiger partial charge < -0.3 is 5.11 Å². The predicted octanol–water partition coefficient (Wildman–Crippen LogP) is 3.15. The summed E-state index contributed by atoms with van der Waals surface area (Å²) in [6, 6.07) is 0. The molecule has 0 bridgehead atoms. The van der Waals surface area contributed by atoms with Gasteiger partial charge in [-0.05, 0) is 19.8 Å². The molecule has 0 fully saturated rings. The lowest BCUT2D eigenvalue weighted by Crippen LogP contribution is -1.94. The van der Waals surface area contributed by atoms with Gasteiger partial charge in [0.25, 0.3) is 0 Å². The average Bonchev–Trinajstić information content (AvgIpc) is 2.10. The monoisotopic (exact) mass is 182 g/mol. The van der Waals surface area contributed by atoms with Gasteiger partial charge in [-0.1, -0.05) is 38.0 Å². The summed E-state index contributed by atoms with van der Waals surface area (Å²) in [7, 11) is 0. The summed E-state index contributed by atoms with van der Waals surface area (Å²) in [6.07, 6.45) is 10.2. The minimum absolute atomic E-state index is 0.381. The van der Waals surface area contributed by atoms with Gasteiger partial charge in [0.15, 0.2) is 0 Å². The lowest BCUT2D eigenvalue weighted by Gasteiger charge is -1.91. The highest BCUT2D eigenvalue weighted by molar-refractivity contribution is 5.86.